The molecule has 1 aromatic carbocycles. The first kappa shape index (κ1) is 15.5. The lowest BCUT2D eigenvalue weighted by molar-refractivity contribution is -0.138. The predicted octanol–water partition coefficient (Wildman–Crippen LogP) is 4.02. The standard InChI is InChI=1S/C12H16BrF3N2/c1-7(2)5-11(18-17)9-4-3-8(13)6-10(9)12(14,15)16/h3-4,6-7,11,18H,5,17H2,1-2H3. The van der Waals surface area contributed by atoms with Crippen LogP contribution >= 0.6 is 15.9 Å². The van der Waals surface area contributed by atoms with Gasteiger partial charge in [0.05, 0.1) is 5.56 Å². The lowest BCUT2D eigenvalue weighted by Gasteiger charge is -2.22. The molecule has 102 valence electrons. The second-order valence-electron chi connectivity index (χ2n) is 4.58. The van der Waals surface area contributed by atoms with E-state index >= 15 is 0 Å². The van der Waals surface area contributed by atoms with Gasteiger partial charge in [-0.1, -0.05) is 35.8 Å². The van der Waals surface area contributed by atoms with E-state index in [0.717, 1.165) is 6.07 Å². The van der Waals surface area contributed by atoms with Crippen LogP contribution in [0, 0.1) is 5.92 Å². The average molecular weight is 325 g/mol. The quantitative estimate of drug-likeness (QED) is 0.648. The Balaban J connectivity index is 3.21. The molecule has 1 rings (SSSR count). The summed E-state index contributed by atoms with van der Waals surface area (Å²) < 4.78 is 39.3. The molecule has 3 N–H and O–H groups in total. The molecule has 0 saturated carbocycles. The van der Waals surface area contributed by atoms with Crippen molar-refractivity contribution in [3.63, 3.8) is 0 Å². The first-order valence-corrected chi connectivity index (χ1v) is 6.37. The summed E-state index contributed by atoms with van der Waals surface area (Å²) in [6, 6.07) is 3.63. The fourth-order valence-corrected chi connectivity index (χ4v) is 2.20. The zero-order valence-electron chi connectivity index (χ0n) is 10.2. The highest BCUT2D eigenvalue weighted by molar-refractivity contribution is 9.10. The van der Waals surface area contributed by atoms with Crippen molar-refractivity contribution in [1.82, 2.24) is 5.43 Å². The van der Waals surface area contributed by atoms with Gasteiger partial charge in [-0.3, -0.25) is 11.3 Å². The number of hydrazine groups is 1. The summed E-state index contributed by atoms with van der Waals surface area (Å²) in [5, 5.41) is 0. The number of nitrogens with one attached hydrogen (secondary N) is 1. The summed E-state index contributed by atoms with van der Waals surface area (Å²) in [5.41, 5.74) is 2.00. The van der Waals surface area contributed by atoms with Crippen LogP contribution < -0.4 is 11.3 Å². The summed E-state index contributed by atoms with van der Waals surface area (Å²) in [5.74, 6) is 5.62. The Kier molecular flexibility index (Phi) is 5.19. The van der Waals surface area contributed by atoms with Crippen molar-refractivity contribution in [2.24, 2.45) is 11.8 Å². The van der Waals surface area contributed by atoms with Gasteiger partial charge in [0.2, 0.25) is 0 Å². The fourth-order valence-electron chi connectivity index (χ4n) is 1.83. The van der Waals surface area contributed by atoms with E-state index in [2.05, 4.69) is 21.4 Å². The summed E-state index contributed by atoms with van der Waals surface area (Å²) in [6.45, 7) is 3.88. The van der Waals surface area contributed by atoms with Gasteiger partial charge >= 0.3 is 6.18 Å². The minimum absolute atomic E-state index is 0.182. The molecular formula is C12H16BrF3N2. The maximum Gasteiger partial charge on any atom is 0.416 e. The lowest BCUT2D eigenvalue weighted by atomic mass is 9.93. The van der Waals surface area contributed by atoms with Crippen molar-refractivity contribution >= 4 is 15.9 Å². The molecule has 2 nitrogen and oxygen atoms in total. The van der Waals surface area contributed by atoms with Crippen LogP contribution in [0.25, 0.3) is 0 Å². The Labute approximate surface area is 113 Å². The molecule has 18 heavy (non-hydrogen) atoms. The molecule has 0 aliphatic rings. The van der Waals surface area contributed by atoms with Crippen LogP contribution in [0.3, 0.4) is 0 Å². The highest BCUT2D eigenvalue weighted by Gasteiger charge is 2.35. The van der Waals surface area contributed by atoms with Gasteiger partial charge in [-0.25, -0.2) is 0 Å². The molecule has 0 saturated heterocycles. The molecule has 0 bridgehead atoms. The van der Waals surface area contributed by atoms with Crippen molar-refractivity contribution in [1.29, 1.82) is 0 Å². The first-order valence-electron chi connectivity index (χ1n) is 5.58. The molecule has 0 aromatic heterocycles. The predicted molar refractivity (Wildman–Crippen MR) is 68.7 cm³/mol. The number of alkyl halides is 3. The van der Waals surface area contributed by atoms with Gasteiger partial charge in [-0.15, -0.1) is 0 Å². The van der Waals surface area contributed by atoms with Crippen LogP contribution in [0.15, 0.2) is 22.7 Å². The molecule has 1 unspecified atom stereocenters. The van der Waals surface area contributed by atoms with E-state index in [1.54, 1.807) is 6.07 Å². The van der Waals surface area contributed by atoms with Crippen molar-refractivity contribution in [2.75, 3.05) is 0 Å². The van der Waals surface area contributed by atoms with Crippen molar-refractivity contribution in [3.8, 4) is 0 Å². The molecule has 6 heteroatoms. The van der Waals surface area contributed by atoms with Crippen molar-refractivity contribution < 1.29 is 13.2 Å². The minimum Gasteiger partial charge on any atom is -0.271 e. The molecule has 0 radical (unpaired) electrons. The maximum atomic E-state index is 13.0. The highest BCUT2D eigenvalue weighted by atomic mass is 79.9. The highest BCUT2D eigenvalue weighted by Crippen LogP contribution is 2.37. The van der Waals surface area contributed by atoms with Crippen LogP contribution in [0.4, 0.5) is 13.2 Å². The summed E-state index contributed by atoms with van der Waals surface area (Å²) in [7, 11) is 0. The Bertz CT molecular complexity index is 405. The summed E-state index contributed by atoms with van der Waals surface area (Å²) in [4.78, 5) is 0. The minimum atomic E-state index is -4.38. The van der Waals surface area contributed by atoms with Gasteiger partial charge in [-0.05, 0) is 30.0 Å². The molecule has 0 heterocycles. The van der Waals surface area contributed by atoms with Gasteiger partial charge in [0.1, 0.15) is 0 Å². The monoisotopic (exact) mass is 324 g/mol. The molecule has 1 aromatic rings. The van der Waals surface area contributed by atoms with Gasteiger partial charge < -0.3 is 0 Å². The number of nitrogens with two attached hydrogens (primary N) is 1. The maximum absolute atomic E-state index is 13.0. The Hall–Kier alpha value is -0.590. The lowest BCUT2D eigenvalue weighted by Crippen LogP contribution is -2.30. The topological polar surface area (TPSA) is 38.0 Å². The van der Waals surface area contributed by atoms with Crippen LogP contribution in [0.5, 0.6) is 0 Å². The largest absolute Gasteiger partial charge is 0.416 e. The van der Waals surface area contributed by atoms with Crippen LogP contribution in [-0.2, 0) is 6.18 Å². The van der Waals surface area contributed by atoms with E-state index in [0.29, 0.717) is 10.9 Å². The van der Waals surface area contributed by atoms with Gasteiger partial charge in [-0.2, -0.15) is 13.2 Å². The van der Waals surface area contributed by atoms with E-state index in [9.17, 15) is 13.2 Å². The summed E-state index contributed by atoms with van der Waals surface area (Å²) >= 11 is 3.06. The van der Waals surface area contributed by atoms with Crippen LogP contribution in [-0.4, -0.2) is 0 Å². The van der Waals surface area contributed by atoms with E-state index in [1.165, 1.54) is 6.07 Å². The molecular weight excluding hydrogens is 309 g/mol. The van der Waals surface area contributed by atoms with Gasteiger partial charge in [0.15, 0.2) is 0 Å². The van der Waals surface area contributed by atoms with Crippen LogP contribution in [0.1, 0.15) is 37.4 Å². The zero-order chi connectivity index (χ0) is 13.9. The molecule has 0 fully saturated rings. The number of hydrogen-bond acceptors (Lipinski definition) is 2. The Morgan fingerprint density at radius 1 is 1.33 bits per heavy atom. The third-order valence-electron chi connectivity index (χ3n) is 2.60. The molecule has 0 aliphatic heterocycles. The normalized spacial score (nSPS) is 14.0. The smallest absolute Gasteiger partial charge is 0.271 e. The third-order valence-corrected chi connectivity index (χ3v) is 3.10. The Morgan fingerprint density at radius 2 is 1.94 bits per heavy atom. The summed E-state index contributed by atoms with van der Waals surface area (Å²) in [6.07, 6.45) is -3.84. The molecule has 1 atom stereocenters. The second kappa shape index (κ2) is 6.04. The molecule has 0 aliphatic carbocycles. The third kappa shape index (κ3) is 3.96. The molecule has 0 spiro atoms. The Morgan fingerprint density at radius 3 is 2.39 bits per heavy atom. The first-order chi connectivity index (χ1) is 8.25. The van der Waals surface area contributed by atoms with Crippen molar-refractivity contribution in [3.05, 3.63) is 33.8 Å². The number of benzene rings is 1. The average Bonchev–Trinajstić information content (AvgIpc) is 2.24. The van der Waals surface area contributed by atoms with E-state index in [4.69, 9.17) is 5.84 Å². The van der Waals surface area contributed by atoms with E-state index in [-0.39, 0.29) is 11.5 Å². The fraction of sp³-hybridized carbons (Fsp3) is 0.500. The zero-order valence-corrected chi connectivity index (χ0v) is 11.8. The van der Waals surface area contributed by atoms with Gasteiger partial charge in [0.25, 0.3) is 0 Å². The SMILES string of the molecule is CC(C)CC(NN)c1ccc(Br)cc1C(F)(F)F. The van der Waals surface area contributed by atoms with Crippen LogP contribution in [0.2, 0.25) is 0 Å². The number of halogens is 4. The molecule has 0 amide bonds. The van der Waals surface area contributed by atoms with E-state index < -0.39 is 17.8 Å². The van der Waals surface area contributed by atoms with Crippen molar-refractivity contribution in [2.45, 2.75) is 32.5 Å². The van der Waals surface area contributed by atoms with E-state index in [1.807, 2.05) is 13.8 Å². The second-order valence-corrected chi connectivity index (χ2v) is 5.49. The number of hydrogen-bond donors (Lipinski definition) is 2. The number of rotatable bonds is 4. The van der Waals surface area contributed by atoms with Gasteiger partial charge in [0, 0.05) is 10.5 Å².